The van der Waals surface area contributed by atoms with Crippen LogP contribution >= 0.6 is 0 Å². The molecule has 44 heavy (non-hydrogen) atoms. The molecule has 238 valence electrons. The lowest BCUT2D eigenvalue weighted by Crippen LogP contribution is -2.20. The van der Waals surface area contributed by atoms with Gasteiger partial charge in [-0.2, -0.15) is 26.3 Å². The average molecular weight is 646 g/mol. The van der Waals surface area contributed by atoms with Crippen LogP contribution in [-0.2, 0) is 0 Å². The van der Waals surface area contributed by atoms with Crippen molar-refractivity contribution < 1.29 is 76.8 Å². The highest BCUT2D eigenvalue weighted by Crippen LogP contribution is 2.38. The van der Waals surface area contributed by atoms with Crippen LogP contribution in [0.1, 0.15) is 53.0 Å². The minimum absolute atomic E-state index is 0.138. The van der Waals surface area contributed by atoms with Gasteiger partial charge in [0.2, 0.25) is 40.7 Å². The van der Waals surface area contributed by atoms with E-state index in [2.05, 4.69) is 18.9 Å². The Balaban J connectivity index is 2.02. The molecule has 0 aliphatic carbocycles. The largest absolute Gasteiger partial charge is 0.487 e. The Hall–Kier alpha value is -4.57. The van der Waals surface area contributed by atoms with Crippen LogP contribution in [0.15, 0.2) is 0 Å². The summed E-state index contributed by atoms with van der Waals surface area (Å²) in [5, 5.41) is 0. The highest BCUT2D eigenvalue weighted by molar-refractivity contribution is 5.93. The first-order valence-electron chi connectivity index (χ1n) is 12.2. The summed E-state index contributed by atoms with van der Waals surface area (Å²) in [5.74, 6) is -37.3. The van der Waals surface area contributed by atoms with Crippen LogP contribution in [0.5, 0.6) is 23.0 Å². The van der Waals surface area contributed by atoms with Gasteiger partial charge in [0.05, 0.1) is 13.2 Å². The molecule has 3 rings (SSSR count). The van der Waals surface area contributed by atoms with E-state index in [4.69, 9.17) is 0 Å². The fourth-order valence-corrected chi connectivity index (χ4v) is 3.47. The number of hydrogen-bond donors (Lipinski definition) is 0. The molecule has 0 aliphatic heterocycles. The Labute approximate surface area is 239 Å². The first-order valence-corrected chi connectivity index (χ1v) is 12.2. The van der Waals surface area contributed by atoms with Crippen LogP contribution in [0.3, 0.4) is 0 Å². The summed E-state index contributed by atoms with van der Waals surface area (Å²) < 4.78 is 177. The highest BCUT2D eigenvalue weighted by Gasteiger charge is 2.36. The Bertz CT molecular complexity index is 1450. The second-order valence-electron chi connectivity index (χ2n) is 8.62. The lowest BCUT2D eigenvalue weighted by Gasteiger charge is -2.16. The Morgan fingerprint density at radius 2 is 0.750 bits per heavy atom. The lowest BCUT2D eigenvalue weighted by atomic mass is 10.1. The van der Waals surface area contributed by atoms with Gasteiger partial charge in [0, 0.05) is 5.56 Å². The molecule has 0 aliphatic rings. The van der Waals surface area contributed by atoms with Crippen LogP contribution in [0.2, 0.25) is 0 Å². The van der Waals surface area contributed by atoms with Gasteiger partial charge >= 0.3 is 11.9 Å². The number of hydrogen-bond acceptors (Lipinski definition) is 6. The maximum atomic E-state index is 14.9. The van der Waals surface area contributed by atoms with E-state index in [1.54, 1.807) is 0 Å². The van der Waals surface area contributed by atoms with E-state index in [0.29, 0.717) is 6.92 Å². The summed E-state index contributed by atoms with van der Waals surface area (Å²) in [6.07, 6.45) is 0.281. The quantitative estimate of drug-likeness (QED) is 0.0982. The molecular weight excluding hydrogens is 629 g/mol. The van der Waals surface area contributed by atoms with E-state index in [9.17, 15) is 57.9 Å². The zero-order chi connectivity index (χ0) is 33.2. The third-order valence-electron chi connectivity index (χ3n) is 5.61. The molecule has 0 atom stereocenters. The second-order valence-corrected chi connectivity index (χ2v) is 8.62. The summed E-state index contributed by atoms with van der Waals surface area (Å²) >= 11 is 0. The van der Waals surface area contributed by atoms with Crippen molar-refractivity contribution in [3.8, 4) is 23.0 Å². The first kappa shape index (κ1) is 33.9. The van der Waals surface area contributed by atoms with E-state index in [1.807, 2.05) is 0 Å². The SMILES string of the molecule is CCCOc1c(F)c(F)c(C(=O)Oc2c(C)c(F)c(OC(=O)c3c(F)c(F)c(OCCC)c(F)c3F)c(F)c2F)c(F)c1F. The summed E-state index contributed by atoms with van der Waals surface area (Å²) in [4.78, 5) is 24.7. The Morgan fingerprint density at radius 3 is 1.09 bits per heavy atom. The number of benzene rings is 3. The van der Waals surface area contributed by atoms with Crippen molar-refractivity contribution in [1.29, 1.82) is 0 Å². The Morgan fingerprint density at radius 1 is 0.455 bits per heavy atom. The zero-order valence-electron chi connectivity index (χ0n) is 22.4. The van der Waals surface area contributed by atoms with E-state index in [1.165, 1.54) is 13.8 Å². The molecule has 0 saturated heterocycles. The van der Waals surface area contributed by atoms with E-state index in [0.717, 1.165) is 0 Å². The van der Waals surface area contributed by atoms with Crippen molar-refractivity contribution in [2.75, 3.05) is 13.2 Å². The number of rotatable bonds is 10. The van der Waals surface area contributed by atoms with Gasteiger partial charge in [0.1, 0.15) is 11.1 Å². The highest BCUT2D eigenvalue weighted by atomic mass is 19.2. The molecule has 0 amide bonds. The topological polar surface area (TPSA) is 71.1 Å². The monoisotopic (exact) mass is 646 g/mol. The molecule has 17 heteroatoms. The molecule has 6 nitrogen and oxygen atoms in total. The smallest absolute Gasteiger partial charge is 0.349 e. The van der Waals surface area contributed by atoms with E-state index >= 15 is 0 Å². The summed E-state index contributed by atoms with van der Waals surface area (Å²) in [6.45, 7) is 2.64. The van der Waals surface area contributed by atoms with Crippen molar-refractivity contribution in [3.05, 3.63) is 80.7 Å². The number of halogens is 11. The van der Waals surface area contributed by atoms with Gasteiger partial charge in [0.25, 0.3) is 0 Å². The molecule has 3 aromatic rings. The molecule has 0 radical (unpaired) electrons. The van der Waals surface area contributed by atoms with Crippen LogP contribution in [0.4, 0.5) is 48.3 Å². The van der Waals surface area contributed by atoms with Crippen molar-refractivity contribution in [3.63, 3.8) is 0 Å². The van der Waals surface area contributed by atoms with Crippen LogP contribution < -0.4 is 18.9 Å². The van der Waals surface area contributed by atoms with Crippen LogP contribution in [0, 0.1) is 70.9 Å². The van der Waals surface area contributed by atoms with Gasteiger partial charge in [-0.25, -0.2) is 31.5 Å². The standard InChI is InChI=1S/C27H17F11O6/c1-4-6-41-23-16(33)12(29)9(13(30)17(23)34)26(39)43-22-8(3)11(28)25(21(38)20(22)37)44-27(40)10-14(31)18(35)24(42-7-5-2)19(36)15(10)32/h4-7H2,1-3H3. The molecule has 0 spiro atoms. The molecule has 0 fully saturated rings. The van der Waals surface area contributed by atoms with E-state index < -0.39 is 129 Å². The van der Waals surface area contributed by atoms with Crippen LogP contribution in [-0.4, -0.2) is 25.2 Å². The third kappa shape index (κ3) is 5.94. The summed E-state index contributed by atoms with van der Waals surface area (Å²) in [5.41, 5.74) is -5.54. The molecule has 0 bridgehead atoms. The van der Waals surface area contributed by atoms with Gasteiger partial charge in [-0.1, -0.05) is 13.8 Å². The maximum Gasteiger partial charge on any atom is 0.349 e. The maximum absolute atomic E-state index is 14.9. The molecule has 0 saturated carbocycles. The van der Waals surface area contributed by atoms with Crippen molar-refractivity contribution in [1.82, 2.24) is 0 Å². The fourth-order valence-electron chi connectivity index (χ4n) is 3.47. The summed E-state index contributed by atoms with van der Waals surface area (Å²) in [7, 11) is 0. The average Bonchev–Trinajstić information content (AvgIpc) is 2.98. The number of ether oxygens (including phenoxy) is 4. The normalized spacial score (nSPS) is 11.0. The van der Waals surface area contributed by atoms with Gasteiger partial charge in [0.15, 0.2) is 46.3 Å². The van der Waals surface area contributed by atoms with Crippen molar-refractivity contribution >= 4 is 11.9 Å². The molecule has 0 heterocycles. The third-order valence-corrected chi connectivity index (χ3v) is 5.61. The van der Waals surface area contributed by atoms with Crippen molar-refractivity contribution in [2.45, 2.75) is 33.6 Å². The number of carbonyl (C=O) groups is 2. The van der Waals surface area contributed by atoms with Gasteiger partial charge in [-0.05, 0) is 19.8 Å². The molecule has 3 aromatic carbocycles. The molecular formula is C27H17F11O6. The van der Waals surface area contributed by atoms with Gasteiger partial charge in [-0.15, -0.1) is 0 Å². The second kappa shape index (κ2) is 13.4. The Kier molecular flexibility index (Phi) is 10.3. The van der Waals surface area contributed by atoms with Gasteiger partial charge < -0.3 is 18.9 Å². The van der Waals surface area contributed by atoms with Gasteiger partial charge in [-0.3, -0.25) is 0 Å². The zero-order valence-corrected chi connectivity index (χ0v) is 22.4. The number of esters is 2. The van der Waals surface area contributed by atoms with Crippen LogP contribution in [0.25, 0.3) is 0 Å². The predicted octanol–water partition coefficient (Wildman–Crippen LogP) is 7.54. The lowest BCUT2D eigenvalue weighted by molar-refractivity contribution is 0.0684. The summed E-state index contributed by atoms with van der Waals surface area (Å²) in [6, 6.07) is 0. The minimum atomic E-state index is -2.56. The minimum Gasteiger partial charge on any atom is -0.487 e. The predicted molar refractivity (Wildman–Crippen MR) is 125 cm³/mol. The fraction of sp³-hybridized carbons (Fsp3) is 0.259. The van der Waals surface area contributed by atoms with E-state index in [-0.39, 0.29) is 12.8 Å². The number of carbonyl (C=O) groups excluding carboxylic acids is 2. The molecule has 0 N–H and O–H groups in total. The molecule has 0 aromatic heterocycles. The molecule has 0 unspecified atom stereocenters. The first-order chi connectivity index (χ1) is 20.6. The van der Waals surface area contributed by atoms with Crippen molar-refractivity contribution in [2.24, 2.45) is 0 Å².